The van der Waals surface area contributed by atoms with E-state index < -0.39 is 0 Å². The number of hydrazone groups is 2. The first-order valence-electron chi connectivity index (χ1n) is 14.2. The lowest BCUT2D eigenvalue weighted by atomic mass is 10.2. The third kappa shape index (κ3) is 7.63. The molecule has 0 spiro atoms. The summed E-state index contributed by atoms with van der Waals surface area (Å²) in [7, 11) is 0. The summed E-state index contributed by atoms with van der Waals surface area (Å²) in [6, 6.07) is 43.5. The zero-order chi connectivity index (χ0) is 29.8. The number of nitrogens with zero attached hydrogens (tertiary/aromatic N) is 4. The first-order chi connectivity index (χ1) is 21.8. The highest BCUT2D eigenvalue weighted by atomic mass is 16.5. The molecule has 6 aromatic rings. The maximum atomic E-state index is 5.93. The maximum Gasteiger partial charge on any atom is 0.176 e. The number of benzene rings is 5. The van der Waals surface area contributed by atoms with Gasteiger partial charge < -0.3 is 9.47 Å². The standard InChI is InChI=1S/C36H30N6O2/c1-3-11-27(12-4-1)25-43-31-17-9-15-29(21-31)23-37-39-35-33-19-7-8-20-34(33)36(42-41-35)40-38-24-30-16-10-18-32(22-30)44-26-28-13-5-2-6-14-28/h1-24H,25-26H2,(H,39,41)(H,40,42). The van der Waals surface area contributed by atoms with E-state index in [1.165, 1.54) is 0 Å². The highest BCUT2D eigenvalue weighted by molar-refractivity contribution is 5.98. The maximum absolute atomic E-state index is 5.93. The third-order valence-corrected chi connectivity index (χ3v) is 6.67. The quantitative estimate of drug-likeness (QED) is 0.114. The Kier molecular flexibility index (Phi) is 9.10. The van der Waals surface area contributed by atoms with Gasteiger partial charge >= 0.3 is 0 Å². The predicted molar refractivity (Wildman–Crippen MR) is 176 cm³/mol. The molecule has 0 unspecified atom stereocenters. The Labute approximate surface area is 255 Å². The third-order valence-electron chi connectivity index (χ3n) is 6.67. The van der Waals surface area contributed by atoms with Crippen LogP contribution in [0.4, 0.5) is 11.6 Å². The van der Waals surface area contributed by atoms with Gasteiger partial charge in [-0.1, -0.05) is 109 Å². The molecule has 0 atom stereocenters. The van der Waals surface area contributed by atoms with Crippen LogP contribution in [0.5, 0.6) is 11.5 Å². The van der Waals surface area contributed by atoms with Crippen LogP contribution in [-0.2, 0) is 13.2 Å². The summed E-state index contributed by atoms with van der Waals surface area (Å²) in [5.74, 6) is 2.60. The van der Waals surface area contributed by atoms with Crippen LogP contribution >= 0.6 is 0 Å². The molecule has 0 aliphatic rings. The molecule has 2 N–H and O–H groups in total. The van der Waals surface area contributed by atoms with Crippen molar-refractivity contribution in [3.8, 4) is 11.5 Å². The number of nitrogens with one attached hydrogen (secondary N) is 2. The average Bonchev–Trinajstić information content (AvgIpc) is 3.08. The van der Waals surface area contributed by atoms with Crippen molar-refractivity contribution in [1.29, 1.82) is 0 Å². The summed E-state index contributed by atoms with van der Waals surface area (Å²) in [6.07, 6.45) is 3.44. The van der Waals surface area contributed by atoms with Gasteiger partial charge in [0.05, 0.1) is 12.4 Å². The second-order valence-corrected chi connectivity index (χ2v) is 9.88. The zero-order valence-electron chi connectivity index (χ0n) is 23.9. The second kappa shape index (κ2) is 14.2. The lowest BCUT2D eigenvalue weighted by Crippen LogP contribution is -2.02. The monoisotopic (exact) mass is 578 g/mol. The fraction of sp³-hybridized carbons (Fsp3) is 0.0556. The fourth-order valence-electron chi connectivity index (χ4n) is 4.46. The minimum atomic E-state index is 0.501. The molecule has 0 fully saturated rings. The Morgan fingerprint density at radius 1 is 0.500 bits per heavy atom. The Balaban J connectivity index is 1.08. The average molecular weight is 579 g/mol. The highest BCUT2D eigenvalue weighted by Crippen LogP contribution is 2.26. The van der Waals surface area contributed by atoms with Gasteiger partial charge in [-0.3, -0.25) is 10.9 Å². The number of anilines is 2. The second-order valence-electron chi connectivity index (χ2n) is 9.88. The molecule has 5 aromatic carbocycles. The summed E-state index contributed by atoms with van der Waals surface area (Å²) in [5, 5.41) is 19.2. The molecular formula is C36H30N6O2. The van der Waals surface area contributed by atoms with E-state index in [0.29, 0.717) is 24.8 Å². The van der Waals surface area contributed by atoms with Gasteiger partial charge in [-0.15, -0.1) is 10.2 Å². The van der Waals surface area contributed by atoms with Crippen LogP contribution in [0.1, 0.15) is 22.3 Å². The van der Waals surface area contributed by atoms with Gasteiger partial charge in [0.15, 0.2) is 11.6 Å². The number of hydrogen-bond acceptors (Lipinski definition) is 8. The van der Waals surface area contributed by atoms with Crippen LogP contribution in [-0.4, -0.2) is 22.6 Å². The van der Waals surface area contributed by atoms with E-state index >= 15 is 0 Å². The number of fused-ring (bicyclic) bond motifs is 1. The van der Waals surface area contributed by atoms with Crippen molar-refractivity contribution in [2.75, 3.05) is 10.9 Å². The molecule has 216 valence electrons. The first-order valence-corrected chi connectivity index (χ1v) is 14.2. The Bertz CT molecular complexity index is 1740. The molecule has 0 bridgehead atoms. The van der Waals surface area contributed by atoms with E-state index in [4.69, 9.17) is 9.47 Å². The molecule has 44 heavy (non-hydrogen) atoms. The number of ether oxygens (including phenoxy) is 2. The van der Waals surface area contributed by atoms with Crippen molar-refractivity contribution in [1.82, 2.24) is 10.2 Å². The summed E-state index contributed by atoms with van der Waals surface area (Å²) < 4.78 is 11.9. The molecule has 0 amide bonds. The van der Waals surface area contributed by atoms with E-state index in [1.807, 2.05) is 133 Å². The van der Waals surface area contributed by atoms with Crippen LogP contribution in [0, 0.1) is 0 Å². The minimum Gasteiger partial charge on any atom is -0.489 e. The minimum absolute atomic E-state index is 0.501. The molecule has 1 aromatic heterocycles. The van der Waals surface area contributed by atoms with Gasteiger partial charge in [0.25, 0.3) is 0 Å². The Hall–Kier alpha value is -6.02. The molecule has 0 aliphatic heterocycles. The molecule has 0 aliphatic carbocycles. The normalized spacial score (nSPS) is 11.2. The first kappa shape index (κ1) is 28.1. The number of hydrogen-bond donors (Lipinski definition) is 2. The SMILES string of the molecule is C(=NNc1nnc(NN=Cc2cccc(OCc3ccccc3)c2)c2ccccc12)c1cccc(OCc2ccccc2)c1. The zero-order valence-corrected chi connectivity index (χ0v) is 23.9. The molecule has 8 nitrogen and oxygen atoms in total. The van der Waals surface area contributed by atoms with Crippen molar-refractivity contribution < 1.29 is 9.47 Å². The Morgan fingerprint density at radius 3 is 1.39 bits per heavy atom. The van der Waals surface area contributed by atoms with E-state index in [1.54, 1.807) is 12.4 Å². The van der Waals surface area contributed by atoms with Gasteiger partial charge in [-0.05, 0) is 46.5 Å². The number of aromatic nitrogens is 2. The molecular weight excluding hydrogens is 548 g/mol. The van der Waals surface area contributed by atoms with E-state index in [-0.39, 0.29) is 0 Å². The van der Waals surface area contributed by atoms with Crippen molar-refractivity contribution in [3.63, 3.8) is 0 Å². The molecule has 0 radical (unpaired) electrons. The van der Waals surface area contributed by atoms with E-state index in [2.05, 4.69) is 31.3 Å². The van der Waals surface area contributed by atoms with Crippen molar-refractivity contribution in [2.24, 2.45) is 10.2 Å². The fourth-order valence-corrected chi connectivity index (χ4v) is 4.46. The summed E-state index contributed by atoms with van der Waals surface area (Å²) in [6.45, 7) is 1.00. The lowest BCUT2D eigenvalue weighted by molar-refractivity contribution is 0.306. The van der Waals surface area contributed by atoms with E-state index in [0.717, 1.165) is 44.5 Å². The van der Waals surface area contributed by atoms with E-state index in [9.17, 15) is 0 Å². The van der Waals surface area contributed by atoms with Crippen LogP contribution < -0.4 is 20.3 Å². The van der Waals surface area contributed by atoms with Gasteiger partial charge in [0.2, 0.25) is 0 Å². The van der Waals surface area contributed by atoms with Gasteiger partial charge in [0.1, 0.15) is 24.7 Å². The summed E-state index contributed by atoms with van der Waals surface area (Å²) in [4.78, 5) is 0. The van der Waals surface area contributed by atoms with Crippen LogP contribution in [0.2, 0.25) is 0 Å². The molecule has 6 rings (SSSR count). The van der Waals surface area contributed by atoms with Crippen molar-refractivity contribution in [2.45, 2.75) is 13.2 Å². The summed E-state index contributed by atoms with van der Waals surface area (Å²) in [5.41, 5.74) is 10.1. The molecule has 0 saturated heterocycles. The smallest absolute Gasteiger partial charge is 0.176 e. The van der Waals surface area contributed by atoms with Gasteiger partial charge in [0, 0.05) is 10.8 Å². The lowest BCUT2D eigenvalue weighted by Gasteiger charge is -2.08. The Morgan fingerprint density at radius 2 is 0.932 bits per heavy atom. The van der Waals surface area contributed by atoms with Gasteiger partial charge in [-0.25, -0.2) is 0 Å². The van der Waals surface area contributed by atoms with Crippen LogP contribution in [0.3, 0.4) is 0 Å². The van der Waals surface area contributed by atoms with Crippen molar-refractivity contribution in [3.05, 3.63) is 156 Å². The van der Waals surface area contributed by atoms with Crippen LogP contribution in [0.25, 0.3) is 10.8 Å². The predicted octanol–water partition coefficient (Wildman–Crippen LogP) is 7.68. The van der Waals surface area contributed by atoms with Crippen LogP contribution in [0.15, 0.2) is 144 Å². The summed E-state index contributed by atoms with van der Waals surface area (Å²) >= 11 is 0. The van der Waals surface area contributed by atoms with Crippen molar-refractivity contribution >= 4 is 34.8 Å². The molecule has 8 heteroatoms. The molecule has 1 heterocycles. The largest absolute Gasteiger partial charge is 0.489 e. The van der Waals surface area contributed by atoms with Gasteiger partial charge in [-0.2, -0.15) is 10.2 Å². The molecule has 0 saturated carbocycles. The topological polar surface area (TPSA) is 93.0 Å². The number of rotatable bonds is 12. The highest BCUT2D eigenvalue weighted by Gasteiger charge is 2.08.